The van der Waals surface area contributed by atoms with E-state index in [-0.39, 0.29) is 0 Å². The van der Waals surface area contributed by atoms with E-state index >= 15 is 0 Å². The Labute approximate surface area is 126 Å². The van der Waals surface area contributed by atoms with Gasteiger partial charge < -0.3 is 15.4 Å². The lowest BCUT2D eigenvalue weighted by molar-refractivity contribution is 0.312. The van der Waals surface area contributed by atoms with Gasteiger partial charge in [0.25, 0.3) is 0 Å². The molecule has 1 aliphatic rings. The first-order valence-corrected chi connectivity index (χ1v) is 7.56. The van der Waals surface area contributed by atoms with E-state index in [2.05, 4.69) is 29.2 Å². The fourth-order valence-corrected chi connectivity index (χ4v) is 2.82. The van der Waals surface area contributed by atoms with Crippen LogP contribution in [0.4, 0.5) is 11.4 Å². The highest BCUT2D eigenvalue weighted by Crippen LogP contribution is 2.27. The topological polar surface area (TPSA) is 38.5 Å². The second-order valence-electron chi connectivity index (χ2n) is 5.59. The van der Waals surface area contributed by atoms with Gasteiger partial charge in [-0.15, -0.1) is 0 Å². The van der Waals surface area contributed by atoms with Crippen molar-refractivity contribution in [1.82, 2.24) is 0 Å². The Hall–Kier alpha value is -2.16. The zero-order chi connectivity index (χ0) is 14.7. The van der Waals surface area contributed by atoms with E-state index < -0.39 is 0 Å². The SMILES string of the molecule is Cc1cc(OCCCN2CCc3ccccc32)ccc1N. The third-order valence-corrected chi connectivity index (χ3v) is 4.07. The van der Waals surface area contributed by atoms with Crippen LogP contribution in [0.1, 0.15) is 17.5 Å². The maximum atomic E-state index is 5.81. The van der Waals surface area contributed by atoms with Crippen LogP contribution in [0.3, 0.4) is 0 Å². The van der Waals surface area contributed by atoms with Crippen molar-refractivity contribution in [3.8, 4) is 5.75 Å². The van der Waals surface area contributed by atoms with E-state index in [1.54, 1.807) is 0 Å². The molecule has 1 aliphatic heterocycles. The summed E-state index contributed by atoms with van der Waals surface area (Å²) in [7, 11) is 0. The van der Waals surface area contributed by atoms with Crippen molar-refractivity contribution in [2.45, 2.75) is 19.8 Å². The molecule has 2 aromatic rings. The summed E-state index contributed by atoms with van der Waals surface area (Å²) in [5.74, 6) is 0.906. The molecule has 0 fully saturated rings. The predicted octanol–water partition coefficient (Wildman–Crippen LogP) is 3.41. The molecule has 0 aliphatic carbocycles. The number of nitrogens with zero attached hydrogens (tertiary/aromatic N) is 1. The Balaban J connectivity index is 1.48. The number of rotatable bonds is 5. The number of hydrogen-bond donors (Lipinski definition) is 1. The number of fused-ring (bicyclic) bond motifs is 1. The highest BCUT2D eigenvalue weighted by Gasteiger charge is 2.17. The number of nitrogens with two attached hydrogens (primary N) is 1. The van der Waals surface area contributed by atoms with Crippen molar-refractivity contribution in [2.75, 3.05) is 30.3 Å². The first-order valence-electron chi connectivity index (χ1n) is 7.56. The number of aryl methyl sites for hydroxylation is 1. The van der Waals surface area contributed by atoms with Gasteiger partial charge in [0.1, 0.15) is 5.75 Å². The molecule has 2 N–H and O–H groups in total. The molecule has 110 valence electrons. The second-order valence-corrected chi connectivity index (χ2v) is 5.59. The molecule has 0 saturated carbocycles. The molecule has 2 aromatic carbocycles. The molecule has 0 spiro atoms. The van der Waals surface area contributed by atoms with Crippen LogP contribution in [0.2, 0.25) is 0 Å². The van der Waals surface area contributed by atoms with Crippen molar-refractivity contribution in [2.24, 2.45) is 0 Å². The van der Waals surface area contributed by atoms with Crippen LogP contribution in [0.25, 0.3) is 0 Å². The fourth-order valence-electron chi connectivity index (χ4n) is 2.82. The van der Waals surface area contributed by atoms with Crippen LogP contribution in [0.15, 0.2) is 42.5 Å². The minimum Gasteiger partial charge on any atom is -0.494 e. The van der Waals surface area contributed by atoms with Crippen LogP contribution in [-0.2, 0) is 6.42 Å². The van der Waals surface area contributed by atoms with Gasteiger partial charge in [0.2, 0.25) is 0 Å². The molecule has 0 amide bonds. The number of nitrogen functional groups attached to an aromatic ring is 1. The monoisotopic (exact) mass is 282 g/mol. The lowest BCUT2D eigenvalue weighted by Crippen LogP contribution is -2.23. The number of hydrogen-bond acceptors (Lipinski definition) is 3. The van der Waals surface area contributed by atoms with Crippen molar-refractivity contribution in [1.29, 1.82) is 0 Å². The summed E-state index contributed by atoms with van der Waals surface area (Å²) >= 11 is 0. The smallest absolute Gasteiger partial charge is 0.119 e. The first kappa shape index (κ1) is 13.8. The number of benzene rings is 2. The maximum Gasteiger partial charge on any atom is 0.119 e. The van der Waals surface area contributed by atoms with Crippen LogP contribution in [0, 0.1) is 6.92 Å². The second kappa shape index (κ2) is 6.08. The summed E-state index contributed by atoms with van der Waals surface area (Å²) in [5.41, 5.74) is 10.6. The average Bonchev–Trinajstić information content (AvgIpc) is 2.91. The summed E-state index contributed by atoms with van der Waals surface area (Å²) in [5, 5.41) is 0. The zero-order valence-corrected chi connectivity index (χ0v) is 12.5. The maximum absolute atomic E-state index is 5.81. The number of anilines is 2. The predicted molar refractivity (Wildman–Crippen MR) is 88.1 cm³/mol. The third kappa shape index (κ3) is 3.13. The van der Waals surface area contributed by atoms with Crippen LogP contribution >= 0.6 is 0 Å². The minimum atomic E-state index is 0.738. The summed E-state index contributed by atoms with van der Waals surface area (Å²) < 4.78 is 5.81. The quantitative estimate of drug-likeness (QED) is 0.674. The van der Waals surface area contributed by atoms with E-state index in [1.807, 2.05) is 25.1 Å². The fraction of sp³-hybridized carbons (Fsp3) is 0.333. The number of para-hydroxylation sites is 1. The largest absolute Gasteiger partial charge is 0.494 e. The van der Waals surface area contributed by atoms with Crippen LogP contribution in [0.5, 0.6) is 5.75 Å². The molecular formula is C18H22N2O. The van der Waals surface area contributed by atoms with E-state index in [1.165, 1.54) is 11.3 Å². The van der Waals surface area contributed by atoms with Gasteiger partial charge in [0.15, 0.2) is 0 Å². The van der Waals surface area contributed by atoms with E-state index in [0.717, 1.165) is 49.5 Å². The van der Waals surface area contributed by atoms with Crippen molar-refractivity contribution >= 4 is 11.4 Å². The molecule has 0 unspecified atom stereocenters. The van der Waals surface area contributed by atoms with Gasteiger partial charge in [-0.05, 0) is 55.2 Å². The normalized spacial score (nSPS) is 13.3. The third-order valence-electron chi connectivity index (χ3n) is 4.07. The summed E-state index contributed by atoms with van der Waals surface area (Å²) in [6.45, 7) is 4.91. The first-order chi connectivity index (χ1) is 10.2. The lowest BCUT2D eigenvalue weighted by Gasteiger charge is -2.19. The molecule has 0 saturated heterocycles. The molecule has 0 atom stereocenters. The molecule has 3 heteroatoms. The Bertz CT molecular complexity index is 624. The van der Waals surface area contributed by atoms with Gasteiger partial charge in [0, 0.05) is 24.5 Å². The van der Waals surface area contributed by atoms with Gasteiger partial charge >= 0.3 is 0 Å². The average molecular weight is 282 g/mol. The molecule has 0 bridgehead atoms. The van der Waals surface area contributed by atoms with Crippen LogP contribution in [-0.4, -0.2) is 19.7 Å². The van der Waals surface area contributed by atoms with E-state index in [4.69, 9.17) is 10.5 Å². The molecule has 3 rings (SSSR count). The number of ether oxygens (including phenoxy) is 1. The zero-order valence-electron chi connectivity index (χ0n) is 12.5. The minimum absolute atomic E-state index is 0.738. The molecule has 21 heavy (non-hydrogen) atoms. The summed E-state index contributed by atoms with van der Waals surface area (Å²) in [6, 6.07) is 14.5. The molecule has 1 heterocycles. The highest BCUT2D eigenvalue weighted by molar-refractivity contribution is 5.57. The highest BCUT2D eigenvalue weighted by atomic mass is 16.5. The van der Waals surface area contributed by atoms with Crippen molar-refractivity contribution in [3.63, 3.8) is 0 Å². The molecule has 0 radical (unpaired) electrons. The van der Waals surface area contributed by atoms with Gasteiger partial charge in [0.05, 0.1) is 6.61 Å². The van der Waals surface area contributed by atoms with Gasteiger partial charge in [-0.3, -0.25) is 0 Å². The molecule has 3 nitrogen and oxygen atoms in total. The van der Waals surface area contributed by atoms with Gasteiger partial charge in [-0.2, -0.15) is 0 Å². The standard InChI is InChI=1S/C18H22N2O/c1-14-13-16(7-8-17(14)19)21-12-4-10-20-11-9-15-5-2-3-6-18(15)20/h2-3,5-8,13H,4,9-12,19H2,1H3. The lowest BCUT2D eigenvalue weighted by atomic mass is 10.2. The Morgan fingerprint density at radius 2 is 2.05 bits per heavy atom. The van der Waals surface area contributed by atoms with Crippen LogP contribution < -0.4 is 15.4 Å². The van der Waals surface area contributed by atoms with Gasteiger partial charge in [-0.1, -0.05) is 18.2 Å². The summed E-state index contributed by atoms with van der Waals surface area (Å²) in [6.07, 6.45) is 2.19. The van der Waals surface area contributed by atoms with Crippen molar-refractivity contribution in [3.05, 3.63) is 53.6 Å². The molecule has 0 aromatic heterocycles. The van der Waals surface area contributed by atoms with E-state index in [0.29, 0.717) is 0 Å². The van der Waals surface area contributed by atoms with Gasteiger partial charge in [-0.25, -0.2) is 0 Å². The Morgan fingerprint density at radius 1 is 1.19 bits per heavy atom. The Morgan fingerprint density at radius 3 is 2.90 bits per heavy atom. The Kier molecular flexibility index (Phi) is 4.00. The molecular weight excluding hydrogens is 260 g/mol. The van der Waals surface area contributed by atoms with Crippen molar-refractivity contribution < 1.29 is 4.74 Å². The summed E-state index contributed by atoms with van der Waals surface area (Å²) in [4.78, 5) is 2.45. The van der Waals surface area contributed by atoms with E-state index in [9.17, 15) is 0 Å².